The summed E-state index contributed by atoms with van der Waals surface area (Å²) in [6.07, 6.45) is 3.46. The van der Waals surface area contributed by atoms with Crippen LogP contribution in [0, 0.1) is 5.92 Å². The molecule has 0 bridgehead atoms. The number of para-hydroxylation sites is 1. The Hall–Kier alpha value is -3.39. The molecule has 13 heteroatoms. The number of hydrogen-bond acceptors (Lipinski definition) is 9. The molecule has 0 saturated heterocycles. The quantitative estimate of drug-likeness (QED) is 0.428. The minimum Gasteiger partial charge on any atom is -0.486 e. The van der Waals surface area contributed by atoms with Crippen molar-refractivity contribution in [2.24, 2.45) is 5.92 Å². The van der Waals surface area contributed by atoms with Gasteiger partial charge in [0.1, 0.15) is 16.0 Å². The molecule has 1 aliphatic rings. The predicted octanol–water partition coefficient (Wildman–Crippen LogP) is 2.33. The van der Waals surface area contributed by atoms with Gasteiger partial charge in [0.25, 0.3) is 21.8 Å². The minimum atomic E-state index is -3.76. The normalized spacial score (nSPS) is 18.8. The van der Waals surface area contributed by atoms with Gasteiger partial charge in [-0.25, -0.2) is 13.4 Å². The van der Waals surface area contributed by atoms with Crippen molar-refractivity contribution in [1.29, 1.82) is 0 Å². The Bertz CT molecular complexity index is 1380. The average molecular weight is 560 g/mol. The minimum absolute atomic E-state index is 0.0111. The van der Waals surface area contributed by atoms with E-state index in [1.807, 2.05) is 6.92 Å². The number of aliphatic hydroxyl groups excluding tert-OH is 1. The Labute approximate surface area is 225 Å². The van der Waals surface area contributed by atoms with Gasteiger partial charge in [-0.3, -0.25) is 14.6 Å². The SMILES string of the molecule is C[C@@H]1CN([C@H](C)CO)C(=O)c2cccc(NC(=O)c3cnccn3)c2O[C@H]1CN(C)S(=O)(=O)c1cccs1. The lowest BCUT2D eigenvalue weighted by Crippen LogP contribution is -2.50. The van der Waals surface area contributed by atoms with Crippen molar-refractivity contribution in [3.8, 4) is 5.75 Å². The smallest absolute Gasteiger partial charge is 0.275 e. The van der Waals surface area contributed by atoms with Crippen LogP contribution in [0.15, 0.2) is 58.5 Å². The Morgan fingerprint density at radius 2 is 2.11 bits per heavy atom. The highest BCUT2D eigenvalue weighted by atomic mass is 32.2. The third-order valence-corrected chi connectivity index (χ3v) is 9.53. The number of thiophene rings is 1. The van der Waals surface area contributed by atoms with Gasteiger partial charge in [0, 0.05) is 31.9 Å². The van der Waals surface area contributed by atoms with Crippen LogP contribution in [0.5, 0.6) is 5.75 Å². The number of anilines is 1. The van der Waals surface area contributed by atoms with Crippen LogP contribution >= 0.6 is 11.3 Å². The fourth-order valence-corrected chi connectivity index (χ4v) is 6.46. The molecule has 4 rings (SSSR count). The molecule has 0 radical (unpaired) electrons. The number of benzene rings is 1. The zero-order chi connectivity index (χ0) is 27.4. The number of aliphatic hydroxyl groups is 1. The number of rotatable bonds is 8. The molecule has 11 nitrogen and oxygen atoms in total. The number of likely N-dealkylation sites (N-methyl/N-ethyl adjacent to an activating group) is 1. The fraction of sp³-hybridized carbons (Fsp3) is 0.360. The van der Waals surface area contributed by atoms with Gasteiger partial charge in [0.15, 0.2) is 5.75 Å². The molecule has 2 aromatic heterocycles. The molecule has 0 aliphatic carbocycles. The first-order valence-corrected chi connectivity index (χ1v) is 14.2. The third-order valence-electron chi connectivity index (χ3n) is 6.33. The summed E-state index contributed by atoms with van der Waals surface area (Å²) in [6.45, 7) is 3.55. The van der Waals surface area contributed by atoms with Crippen molar-refractivity contribution in [2.45, 2.75) is 30.2 Å². The summed E-state index contributed by atoms with van der Waals surface area (Å²) in [5.74, 6) is -1.14. The summed E-state index contributed by atoms with van der Waals surface area (Å²) in [5, 5.41) is 14.3. The fourth-order valence-electron chi connectivity index (χ4n) is 4.08. The van der Waals surface area contributed by atoms with Crippen molar-refractivity contribution in [1.82, 2.24) is 19.2 Å². The molecule has 0 spiro atoms. The molecule has 3 heterocycles. The summed E-state index contributed by atoms with van der Waals surface area (Å²) < 4.78 is 34.1. The number of aromatic nitrogens is 2. The van der Waals surface area contributed by atoms with Gasteiger partial charge in [0.2, 0.25) is 0 Å². The molecular weight excluding hydrogens is 530 g/mol. The molecule has 202 valence electrons. The van der Waals surface area contributed by atoms with Crippen LogP contribution < -0.4 is 10.1 Å². The van der Waals surface area contributed by atoms with Crippen LogP contribution in [-0.4, -0.2) is 83.4 Å². The summed E-state index contributed by atoms with van der Waals surface area (Å²) in [6, 6.07) is 7.49. The standard InChI is InChI=1S/C25H29N5O6S2/c1-16-13-30(17(2)15-31)25(33)18-6-4-7-19(28-24(32)20-12-26-9-10-27-20)23(18)36-21(16)14-29(3)38(34,35)22-8-5-11-37-22/h4-12,16-17,21,31H,13-15H2,1-3H3,(H,28,32)/t16-,17-,21+/m1/s1. The van der Waals surface area contributed by atoms with Crippen LogP contribution in [0.2, 0.25) is 0 Å². The lowest BCUT2D eigenvalue weighted by Gasteiger charge is -2.38. The van der Waals surface area contributed by atoms with E-state index in [1.165, 1.54) is 36.0 Å². The summed E-state index contributed by atoms with van der Waals surface area (Å²) in [5.41, 5.74) is 0.485. The Balaban J connectivity index is 1.73. The Kier molecular flexibility index (Phi) is 8.41. The van der Waals surface area contributed by atoms with E-state index in [-0.39, 0.29) is 58.4 Å². The number of carbonyl (C=O) groups excluding carboxylic acids is 2. The molecule has 0 fully saturated rings. The maximum Gasteiger partial charge on any atom is 0.275 e. The van der Waals surface area contributed by atoms with Gasteiger partial charge in [-0.05, 0) is 30.5 Å². The molecule has 2 N–H and O–H groups in total. The highest BCUT2D eigenvalue weighted by Crippen LogP contribution is 2.35. The number of amides is 2. The monoisotopic (exact) mass is 559 g/mol. The van der Waals surface area contributed by atoms with E-state index in [4.69, 9.17) is 4.74 Å². The van der Waals surface area contributed by atoms with Crippen molar-refractivity contribution >= 4 is 38.9 Å². The van der Waals surface area contributed by atoms with Gasteiger partial charge >= 0.3 is 0 Å². The Morgan fingerprint density at radius 1 is 1.32 bits per heavy atom. The molecule has 3 aromatic rings. The molecule has 38 heavy (non-hydrogen) atoms. The summed E-state index contributed by atoms with van der Waals surface area (Å²) in [7, 11) is -2.28. The number of fused-ring (bicyclic) bond motifs is 1. The molecule has 1 aliphatic heterocycles. The van der Waals surface area contributed by atoms with Gasteiger partial charge in [-0.15, -0.1) is 11.3 Å². The molecule has 0 saturated carbocycles. The van der Waals surface area contributed by atoms with E-state index in [9.17, 15) is 23.1 Å². The molecule has 1 aromatic carbocycles. The Morgan fingerprint density at radius 3 is 2.76 bits per heavy atom. The second-order valence-corrected chi connectivity index (χ2v) is 12.3. The molecule has 3 atom stereocenters. The van der Waals surface area contributed by atoms with Crippen LogP contribution in [0.25, 0.3) is 0 Å². The van der Waals surface area contributed by atoms with Crippen LogP contribution in [0.3, 0.4) is 0 Å². The van der Waals surface area contributed by atoms with E-state index in [0.717, 1.165) is 11.3 Å². The maximum atomic E-state index is 13.6. The van der Waals surface area contributed by atoms with E-state index in [0.29, 0.717) is 0 Å². The van der Waals surface area contributed by atoms with Gasteiger partial charge in [0.05, 0.1) is 36.6 Å². The molecule has 2 amide bonds. The largest absolute Gasteiger partial charge is 0.486 e. The van der Waals surface area contributed by atoms with Crippen LogP contribution in [0.1, 0.15) is 34.7 Å². The first-order valence-electron chi connectivity index (χ1n) is 11.9. The second kappa shape index (κ2) is 11.6. The van der Waals surface area contributed by atoms with E-state index >= 15 is 0 Å². The highest BCUT2D eigenvalue weighted by Gasteiger charge is 2.36. The zero-order valence-electron chi connectivity index (χ0n) is 21.1. The second-order valence-electron chi connectivity index (χ2n) is 9.07. The van der Waals surface area contributed by atoms with E-state index in [2.05, 4.69) is 15.3 Å². The number of nitrogens with one attached hydrogen (secondary N) is 1. The molecular formula is C25H29N5O6S2. The van der Waals surface area contributed by atoms with Crippen molar-refractivity contribution < 1.29 is 27.9 Å². The first kappa shape index (κ1) is 27.6. The van der Waals surface area contributed by atoms with Gasteiger partial charge in [-0.2, -0.15) is 4.31 Å². The zero-order valence-corrected chi connectivity index (χ0v) is 22.8. The summed E-state index contributed by atoms with van der Waals surface area (Å²) in [4.78, 5) is 35.9. The third kappa shape index (κ3) is 5.70. The van der Waals surface area contributed by atoms with Crippen LogP contribution in [-0.2, 0) is 10.0 Å². The van der Waals surface area contributed by atoms with Gasteiger partial charge < -0.3 is 20.1 Å². The van der Waals surface area contributed by atoms with Crippen LogP contribution in [0.4, 0.5) is 5.69 Å². The lowest BCUT2D eigenvalue weighted by molar-refractivity contribution is 0.0388. The number of carbonyl (C=O) groups is 2. The first-order chi connectivity index (χ1) is 18.1. The maximum absolute atomic E-state index is 13.6. The number of nitrogens with zero attached hydrogens (tertiary/aromatic N) is 4. The van der Waals surface area contributed by atoms with Crippen molar-refractivity contribution in [3.05, 3.63) is 65.6 Å². The number of hydrogen-bond donors (Lipinski definition) is 2. The highest BCUT2D eigenvalue weighted by molar-refractivity contribution is 7.91. The average Bonchev–Trinajstić information content (AvgIpc) is 3.47. The predicted molar refractivity (Wildman–Crippen MR) is 142 cm³/mol. The lowest BCUT2D eigenvalue weighted by atomic mass is 9.99. The number of ether oxygens (including phenoxy) is 1. The topological polar surface area (TPSA) is 142 Å². The van der Waals surface area contributed by atoms with Crippen molar-refractivity contribution in [3.63, 3.8) is 0 Å². The van der Waals surface area contributed by atoms with Gasteiger partial charge in [-0.1, -0.05) is 19.1 Å². The molecule has 0 unspecified atom stereocenters. The number of sulfonamides is 1. The van der Waals surface area contributed by atoms with E-state index in [1.54, 1.807) is 41.5 Å². The summed E-state index contributed by atoms with van der Waals surface area (Å²) >= 11 is 1.12. The van der Waals surface area contributed by atoms with E-state index < -0.39 is 28.1 Å². The van der Waals surface area contributed by atoms with Crippen molar-refractivity contribution in [2.75, 3.05) is 32.1 Å².